The summed E-state index contributed by atoms with van der Waals surface area (Å²) < 4.78 is 38.2. The molecular weight excluding hydrogens is 399 g/mol. The molecule has 0 saturated carbocycles. The standard InChI is InChI=1S/C18H19ClF3N3OS/c1-3-14-11(2)8-15(27-14)17(26)25-6-4-24(5-7-25)16-13(19)9-12(10-23-16)18(20,21)22/h8-10H,3-7H2,1-2H3. The summed E-state index contributed by atoms with van der Waals surface area (Å²) >= 11 is 7.54. The Balaban J connectivity index is 1.67. The second-order valence-electron chi connectivity index (χ2n) is 6.38. The van der Waals surface area contributed by atoms with Crippen molar-refractivity contribution in [1.82, 2.24) is 9.88 Å². The normalized spacial score (nSPS) is 15.3. The molecule has 1 saturated heterocycles. The highest BCUT2D eigenvalue weighted by molar-refractivity contribution is 7.14. The van der Waals surface area contributed by atoms with Gasteiger partial charge >= 0.3 is 6.18 Å². The van der Waals surface area contributed by atoms with Gasteiger partial charge in [-0.2, -0.15) is 13.2 Å². The van der Waals surface area contributed by atoms with Gasteiger partial charge in [0, 0.05) is 37.3 Å². The van der Waals surface area contributed by atoms with E-state index in [0.29, 0.717) is 32.0 Å². The molecule has 0 aliphatic carbocycles. The third-order valence-corrected chi connectivity index (χ3v) is 6.22. The number of rotatable bonds is 3. The van der Waals surface area contributed by atoms with Crippen molar-refractivity contribution in [2.45, 2.75) is 26.4 Å². The SMILES string of the molecule is CCc1sc(C(=O)N2CCN(c3ncc(C(F)(F)F)cc3Cl)CC2)cc1C. The fraction of sp³-hybridized carbons (Fsp3) is 0.444. The number of carbonyl (C=O) groups is 1. The maximum atomic E-state index is 12.7. The topological polar surface area (TPSA) is 36.4 Å². The molecule has 0 spiro atoms. The van der Waals surface area contributed by atoms with Crippen LogP contribution >= 0.6 is 22.9 Å². The van der Waals surface area contributed by atoms with E-state index in [0.717, 1.165) is 29.1 Å². The molecule has 27 heavy (non-hydrogen) atoms. The molecule has 0 unspecified atom stereocenters. The van der Waals surface area contributed by atoms with E-state index in [1.165, 1.54) is 16.2 Å². The van der Waals surface area contributed by atoms with Crippen LogP contribution < -0.4 is 4.90 Å². The number of carbonyl (C=O) groups excluding carboxylic acids is 1. The van der Waals surface area contributed by atoms with Crippen LogP contribution in [0.25, 0.3) is 0 Å². The van der Waals surface area contributed by atoms with Gasteiger partial charge in [0.25, 0.3) is 5.91 Å². The summed E-state index contributed by atoms with van der Waals surface area (Å²) in [6.45, 7) is 5.94. The second kappa shape index (κ2) is 7.67. The predicted molar refractivity (Wildman–Crippen MR) is 101 cm³/mol. The van der Waals surface area contributed by atoms with Crippen LogP contribution in [0, 0.1) is 6.92 Å². The number of thiophene rings is 1. The minimum atomic E-state index is -4.48. The van der Waals surface area contributed by atoms with Crippen LogP contribution in [0.15, 0.2) is 18.3 Å². The van der Waals surface area contributed by atoms with Crippen molar-refractivity contribution < 1.29 is 18.0 Å². The smallest absolute Gasteiger partial charge is 0.352 e. The lowest BCUT2D eigenvalue weighted by Crippen LogP contribution is -2.49. The van der Waals surface area contributed by atoms with E-state index in [4.69, 9.17) is 11.6 Å². The lowest BCUT2D eigenvalue weighted by Gasteiger charge is -2.35. The van der Waals surface area contributed by atoms with Gasteiger partial charge in [0.15, 0.2) is 0 Å². The molecule has 0 atom stereocenters. The number of alkyl halides is 3. The first kappa shape index (κ1) is 19.9. The van der Waals surface area contributed by atoms with E-state index < -0.39 is 11.7 Å². The third kappa shape index (κ3) is 4.21. The number of aromatic nitrogens is 1. The van der Waals surface area contributed by atoms with Gasteiger partial charge in [-0.05, 0) is 31.0 Å². The number of amides is 1. The number of piperazine rings is 1. The van der Waals surface area contributed by atoms with E-state index in [2.05, 4.69) is 11.9 Å². The van der Waals surface area contributed by atoms with Crippen LogP contribution in [0.2, 0.25) is 5.02 Å². The van der Waals surface area contributed by atoms with Crippen molar-refractivity contribution in [3.8, 4) is 0 Å². The van der Waals surface area contributed by atoms with Crippen LogP contribution in [-0.2, 0) is 12.6 Å². The van der Waals surface area contributed by atoms with Crippen molar-refractivity contribution in [2.75, 3.05) is 31.1 Å². The highest BCUT2D eigenvalue weighted by atomic mass is 35.5. The fourth-order valence-corrected chi connectivity index (χ4v) is 4.44. The highest BCUT2D eigenvalue weighted by Crippen LogP contribution is 2.34. The summed E-state index contributed by atoms with van der Waals surface area (Å²) in [4.78, 5) is 22.1. The van der Waals surface area contributed by atoms with Gasteiger partial charge in [0.05, 0.1) is 15.5 Å². The Hall–Kier alpha value is -1.80. The summed E-state index contributed by atoms with van der Waals surface area (Å²) in [6, 6.07) is 2.81. The molecule has 1 aliphatic rings. The number of nitrogens with zero attached hydrogens (tertiary/aromatic N) is 3. The minimum Gasteiger partial charge on any atom is -0.352 e. The Morgan fingerprint density at radius 2 is 1.93 bits per heavy atom. The van der Waals surface area contributed by atoms with Crippen LogP contribution in [0.5, 0.6) is 0 Å². The second-order valence-corrected chi connectivity index (χ2v) is 7.92. The number of hydrogen-bond acceptors (Lipinski definition) is 4. The number of aryl methyl sites for hydroxylation is 2. The van der Waals surface area contributed by atoms with Crippen molar-refractivity contribution in [3.63, 3.8) is 0 Å². The average Bonchev–Trinajstić information content (AvgIpc) is 3.01. The molecule has 3 heterocycles. The summed E-state index contributed by atoms with van der Waals surface area (Å²) in [5.41, 5.74) is 0.259. The van der Waals surface area contributed by atoms with Gasteiger partial charge < -0.3 is 9.80 Å². The Morgan fingerprint density at radius 3 is 2.44 bits per heavy atom. The van der Waals surface area contributed by atoms with Gasteiger partial charge in [-0.25, -0.2) is 4.98 Å². The summed E-state index contributed by atoms with van der Waals surface area (Å²) in [7, 11) is 0. The van der Waals surface area contributed by atoms with E-state index in [1.54, 1.807) is 4.90 Å². The monoisotopic (exact) mass is 417 g/mol. The van der Waals surface area contributed by atoms with Gasteiger partial charge in [-0.15, -0.1) is 11.3 Å². The number of halogens is 4. The minimum absolute atomic E-state index is 0.00562. The molecule has 3 rings (SSSR count). The summed E-state index contributed by atoms with van der Waals surface area (Å²) in [5, 5.41) is -0.0360. The van der Waals surface area contributed by atoms with Crippen molar-refractivity contribution >= 4 is 34.7 Å². The molecule has 1 amide bonds. The third-order valence-electron chi connectivity index (χ3n) is 4.57. The molecule has 4 nitrogen and oxygen atoms in total. The molecule has 2 aromatic heterocycles. The van der Waals surface area contributed by atoms with E-state index >= 15 is 0 Å². The zero-order valence-corrected chi connectivity index (χ0v) is 16.5. The Bertz CT molecular complexity index is 845. The quantitative estimate of drug-likeness (QED) is 0.729. The maximum Gasteiger partial charge on any atom is 0.417 e. The molecule has 0 radical (unpaired) electrons. The molecular formula is C18H19ClF3N3OS. The molecule has 0 bridgehead atoms. The Labute approximate surface area is 164 Å². The molecule has 0 aromatic carbocycles. The molecule has 146 valence electrons. The van der Waals surface area contributed by atoms with E-state index in [9.17, 15) is 18.0 Å². The number of anilines is 1. The van der Waals surface area contributed by atoms with Crippen molar-refractivity contribution in [1.29, 1.82) is 0 Å². The lowest BCUT2D eigenvalue weighted by atomic mass is 10.2. The largest absolute Gasteiger partial charge is 0.417 e. The molecule has 9 heteroatoms. The molecule has 1 fully saturated rings. The van der Waals surface area contributed by atoms with Crippen LogP contribution in [-0.4, -0.2) is 42.0 Å². The van der Waals surface area contributed by atoms with Crippen LogP contribution in [0.3, 0.4) is 0 Å². The van der Waals surface area contributed by atoms with Crippen molar-refractivity contribution in [3.05, 3.63) is 44.2 Å². The number of hydrogen-bond donors (Lipinski definition) is 0. The first-order valence-electron chi connectivity index (χ1n) is 8.57. The highest BCUT2D eigenvalue weighted by Gasteiger charge is 2.32. The van der Waals surface area contributed by atoms with Gasteiger partial charge in [0.1, 0.15) is 5.82 Å². The van der Waals surface area contributed by atoms with Gasteiger partial charge in [-0.3, -0.25) is 4.79 Å². The maximum absolute atomic E-state index is 12.7. The lowest BCUT2D eigenvalue weighted by molar-refractivity contribution is -0.137. The van der Waals surface area contributed by atoms with Crippen LogP contribution in [0.1, 0.15) is 32.6 Å². The molecule has 0 N–H and O–H groups in total. The number of pyridine rings is 1. The molecule has 1 aliphatic heterocycles. The first-order valence-corrected chi connectivity index (χ1v) is 9.76. The molecule has 2 aromatic rings. The van der Waals surface area contributed by atoms with Gasteiger partial charge in [-0.1, -0.05) is 18.5 Å². The Morgan fingerprint density at radius 1 is 1.26 bits per heavy atom. The fourth-order valence-electron chi connectivity index (χ4n) is 3.07. The average molecular weight is 418 g/mol. The summed E-state index contributed by atoms with van der Waals surface area (Å²) in [6.07, 6.45) is -2.79. The van der Waals surface area contributed by atoms with E-state index in [-0.39, 0.29) is 10.9 Å². The zero-order chi connectivity index (χ0) is 19.8. The van der Waals surface area contributed by atoms with Gasteiger partial charge in [0.2, 0.25) is 0 Å². The zero-order valence-electron chi connectivity index (χ0n) is 14.9. The first-order chi connectivity index (χ1) is 12.7. The van der Waals surface area contributed by atoms with E-state index in [1.807, 2.05) is 17.9 Å². The Kier molecular flexibility index (Phi) is 5.67. The summed E-state index contributed by atoms with van der Waals surface area (Å²) in [5.74, 6) is 0.311. The predicted octanol–water partition coefficient (Wildman–Crippen LogP) is 4.65. The van der Waals surface area contributed by atoms with Crippen LogP contribution in [0.4, 0.5) is 19.0 Å². The van der Waals surface area contributed by atoms with Crippen molar-refractivity contribution in [2.24, 2.45) is 0 Å².